The molecular formula is C13H15Cl2NO. The largest absolute Gasteiger partial charge is 0.336 e. The highest BCUT2D eigenvalue weighted by atomic mass is 35.5. The first-order valence-corrected chi connectivity index (χ1v) is 6.62. The van der Waals surface area contributed by atoms with E-state index in [4.69, 9.17) is 23.2 Å². The van der Waals surface area contributed by atoms with E-state index in [1.807, 2.05) is 4.90 Å². The van der Waals surface area contributed by atoms with Crippen LogP contribution in [0, 0.1) is 0 Å². The molecule has 1 amide bonds. The van der Waals surface area contributed by atoms with E-state index in [0.717, 1.165) is 19.4 Å². The number of rotatable bonds is 1. The smallest absolute Gasteiger partial charge is 0.257 e. The van der Waals surface area contributed by atoms with Crippen molar-refractivity contribution in [2.75, 3.05) is 6.54 Å². The number of benzene rings is 1. The minimum absolute atomic E-state index is 0.0483. The van der Waals surface area contributed by atoms with Gasteiger partial charge in [-0.25, -0.2) is 0 Å². The van der Waals surface area contributed by atoms with Crippen molar-refractivity contribution in [2.45, 2.75) is 32.2 Å². The zero-order chi connectivity index (χ0) is 12.4. The van der Waals surface area contributed by atoms with Gasteiger partial charge in [0.1, 0.15) is 0 Å². The van der Waals surface area contributed by atoms with Gasteiger partial charge in [0.15, 0.2) is 0 Å². The molecular weight excluding hydrogens is 257 g/mol. The van der Waals surface area contributed by atoms with Gasteiger partial charge in [-0.15, -0.1) is 0 Å². The van der Waals surface area contributed by atoms with E-state index >= 15 is 0 Å². The molecule has 1 unspecified atom stereocenters. The average Bonchev–Trinajstić information content (AvgIpc) is 2.29. The van der Waals surface area contributed by atoms with Crippen LogP contribution >= 0.6 is 23.2 Å². The molecule has 1 fully saturated rings. The Labute approximate surface area is 112 Å². The van der Waals surface area contributed by atoms with E-state index in [2.05, 4.69) is 6.92 Å². The molecule has 4 heteroatoms. The molecule has 1 saturated heterocycles. The van der Waals surface area contributed by atoms with E-state index in [1.54, 1.807) is 18.2 Å². The summed E-state index contributed by atoms with van der Waals surface area (Å²) in [5, 5.41) is 0.862. The van der Waals surface area contributed by atoms with Gasteiger partial charge >= 0.3 is 0 Å². The van der Waals surface area contributed by atoms with Crippen molar-refractivity contribution in [3.05, 3.63) is 33.8 Å². The number of nitrogens with zero attached hydrogens (tertiary/aromatic N) is 1. The van der Waals surface area contributed by atoms with Gasteiger partial charge in [0.25, 0.3) is 5.91 Å². The molecule has 2 nitrogen and oxygen atoms in total. The molecule has 2 rings (SSSR count). The lowest BCUT2D eigenvalue weighted by Gasteiger charge is -2.33. The maximum absolute atomic E-state index is 12.4. The van der Waals surface area contributed by atoms with E-state index in [0.29, 0.717) is 15.6 Å². The molecule has 92 valence electrons. The highest BCUT2D eigenvalue weighted by molar-refractivity contribution is 6.39. The summed E-state index contributed by atoms with van der Waals surface area (Å²) in [5.41, 5.74) is 0.435. The number of amides is 1. The van der Waals surface area contributed by atoms with Crippen LogP contribution in [0.3, 0.4) is 0 Å². The highest BCUT2D eigenvalue weighted by Crippen LogP contribution is 2.28. The number of halogens is 2. The summed E-state index contributed by atoms with van der Waals surface area (Å²) >= 11 is 12.1. The molecule has 0 bridgehead atoms. The van der Waals surface area contributed by atoms with Crippen LogP contribution in [-0.4, -0.2) is 23.4 Å². The van der Waals surface area contributed by atoms with Crippen molar-refractivity contribution in [1.29, 1.82) is 0 Å². The van der Waals surface area contributed by atoms with E-state index < -0.39 is 0 Å². The zero-order valence-electron chi connectivity index (χ0n) is 9.75. The standard InChI is InChI=1S/C13H15Cl2NO/c1-9-5-2-3-8-16(9)13(17)12-10(14)6-4-7-11(12)15/h4,6-7,9H,2-3,5,8H2,1H3. The summed E-state index contributed by atoms with van der Waals surface area (Å²) in [6.07, 6.45) is 3.28. The maximum atomic E-state index is 12.4. The number of piperidine rings is 1. The molecule has 0 spiro atoms. The van der Waals surface area contributed by atoms with Gasteiger partial charge in [-0.05, 0) is 38.3 Å². The predicted molar refractivity (Wildman–Crippen MR) is 70.8 cm³/mol. The maximum Gasteiger partial charge on any atom is 0.257 e. The van der Waals surface area contributed by atoms with Crippen molar-refractivity contribution in [1.82, 2.24) is 4.90 Å². The summed E-state index contributed by atoms with van der Waals surface area (Å²) in [7, 11) is 0. The fraction of sp³-hybridized carbons (Fsp3) is 0.462. The normalized spacial score (nSPS) is 20.4. The summed E-state index contributed by atoms with van der Waals surface area (Å²) in [5.74, 6) is -0.0483. The second-order valence-electron chi connectivity index (χ2n) is 4.44. The average molecular weight is 272 g/mol. The molecule has 0 aromatic heterocycles. The topological polar surface area (TPSA) is 20.3 Å². The second kappa shape index (κ2) is 5.28. The van der Waals surface area contributed by atoms with Crippen LogP contribution in [-0.2, 0) is 0 Å². The summed E-state index contributed by atoms with van der Waals surface area (Å²) in [6.45, 7) is 2.86. The van der Waals surface area contributed by atoms with Crippen LogP contribution in [0.2, 0.25) is 10.0 Å². The monoisotopic (exact) mass is 271 g/mol. The number of hydrogen-bond donors (Lipinski definition) is 0. The lowest BCUT2D eigenvalue weighted by atomic mass is 10.0. The second-order valence-corrected chi connectivity index (χ2v) is 5.25. The summed E-state index contributed by atoms with van der Waals surface area (Å²) in [4.78, 5) is 14.3. The van der Waals surface area contributed by atoms with Gasteiger partial charge in [0.2, 0.25) is 0 Å². The minimum Gasteiger partial charge on any atom is -0.336 e. The van der Waals surface area contributed by atoms with E-state index in [1.165, 1.54) is 6.42 Å². The van der Waals surface area contributed by atoms with Crippen molar-refractivity contribution in [3.8, 4) is 0 Å². The van der Waals surface area contributed by atoms with Gasteiger partial charge in [-0.2, -0.15) is 0 Å². The quantitative estimate of drug-likeness (QED) is 0.756. The van der Waals surface area contributed by atoms with Crippen LogP contribution < -0.4 is 0 Å². The number of hydrogen-bond acceptors (Lipinski definition) is 1. The summed E-state index contributed by atoms with van der Waals surface area (Å²) < 4.78 is 0. The molecule has 1 heterocycles. The third-order valence-corrected chi connectivity index (χ3v) is 3.87. The van der Waals surface area contributed by atoms with Gasteiger partial charge < -0.3 is 4.90 Å². The minimum atomic E-state index is -0.0483. The number of carbonyl (C=O) groups excluding carboxylic acids is 1. The van der Waals surface area contributed by atoms with Crippen molar-refractivity contribution in [3.63, 3.8) is 0 Å². The molecule has 17 heavy (non-hydrogen) atoms. The van der Waals surface area contributed by atoms with Crippen LogP contribution in [0.1, 0.15) is 36.5 Å². The predicted octanol–water partition coefficient (Wildman–Crippen LogP) is 4.01. The Bertz CT molecular complexity index is 413. The molecule has 1 aliphatic rings. The van der Waals surface area contributed by atoms with Crippen LogP contribution in [0.15, 0.2) is 18.2 Å². The van der Waals surface area contributed by atoms with Crippen molar-refractivity contribution < 1.29 is 4.79 Å². The van der Waals surface area contributed by atoms with Gasteiger partial charge in [-0.3, -0.25) is 4.79 Å². The third-order valence-electron chi connectivity index (χ3n) is 3.24. The Balaban J connectivity index is 2.30. The van der Waals surface area contributed by atoms with Crippen molar-refractivity contribution >= 4 is 29.1 Å². The Morgan fingerprint density at radius 1 is 1.29 bits per heavy atom. The molecule has 0 saturated carbocycles. The lowest BCUT2D eigenvalue weighted by Crippen LogP contribution is -2.42. The first-order valence-electron chi connectivity index (χ1n) is 5.86. The SMILES string of the molecule is CC1CCCCN1C(=O)c1c(Cl)cccc1Cl. The fourth-order valence-electron chi connectivity index (χ4n) is 2.25. The van der Waals surface area contributed by atoms with E-state index in [-0.39, 0.29) is 11.9 Å². The molecule has 0 N–H and O–H groups in total. The van der Waals surface area contributed by atoms with Gasteiger partial charge in [0.05, 0.1) is 15.6 Å². The Kier molecular flexibility index (Phi) is 3.95. The fourth-order valence-corrected chi connectivity index (χ4v) is 2.80. The van der Waals surface area contributed by atoms with Crippen LogP contribution in [0.4, 0.5) is 0 Å². The van der Waals surface area contributed by atoms with Crippen molar-refractivity contribution in [2.24, 2.45) is 0 Å². The Morgan fingerprint density at radius 2 is 1.94 bits per heavy atom. The Hall–Kier alpha value is -0.730. The Morgan fingerprint density at radius 3 is 2.53 bits per heavy atom. The highest BCUT2D eigenvalue weighted by Gasteiger charge is 2.26. The lowest BCUT2D eigenvalue weighted by molar-refractivity contribution is 0.0636. The number of likely N-dealkylation sites (tertiary alicyclic amines) is 1. The molecule has 0 radical (unpaired) electrons. The molecule has 0 aliphatic carbocycles. The summed E-state index contributed by atoms with van der Waals surface area (Å²) in [6, 6.07) is 5.43. The number of carbonyl (C=O) groups is 1. The first kappa shape index (κ1) is 12.7. The van der Waals surface area contributed by atoms with Gasteiger partial charge in [-0.1, -0.05) is 29.3 Å². The third kappa shape index (κ3) is 2.58. The van der Waals surface area contributed by atoms with Crippen LogP contribution in [0.5, 0.6) is 0 Å². The molecule has 1 aliphatic heterocycles. The first-order chi connectivity index (χ1) is 8.11. The van der Waals surface area contributed by atoms with Gasteiger partial charge in [0, 0.05) is 12.6 Å². The zero-order valence-corrected chi connectivity index (χ0v) is 11.3. The molecule has 1 aromatic rings. The molecule has 1 aromatic carbocycles. The molecule has 1 atom stereocenters. The van der Waals surface area contributed by atoms with E-state index in [9.17, 15) is 4.79 Å². The van der Waals surface area contributed by atoms with Crippen LogP contribution in [0.25, 0.3) is 0 Å².